The zero-order valence-electron chi connectivity index (χ0n) is 26.1. The van der Waals surface area contributed by atoms with E-state index in [2.05, 4.69) is 125 Å². The minimum absolute atomic E-state index is 0. The van der Waals surface area contributed by atoms with Gasteiger partial charge in [0.15, 0.2) is 0 Å². The van der Waals surface area contributed by atoms with Crippen LogP contribution in [0.4, 0.5) is 11.4 Å². The summed E-state index contributed by atoms with van der Waals surface area (Å²) in [6, 6.07) is 12.3. The smallest absolute Gasteiger partial charge is 0.698 e. The molecule has 0 bridgehead atoms. The monoisotopic (exact) mass is 483 g/mol. The van der Waals surface area contributed by atoms with Crippen LogP contribution in [0.25, 0.3) is 11.5 Å². The summed E-state index contributed by atoms with van der Waals surface area (Å²) in [4.78, 5) is 3.71. The fourth-order valence-electron chi connectivity index (χ4n) is 3.55. The van der Waals surface area contributed by atoms with Crippen LogP contribution in [0.5, 0.6) is 0 Å². The van der Waals surface area contributed by atoms with Crippen LogP contribution in [-0.2, 0) is 0 Å². The number of quaternary nitrogens is 1. The molecule has 0 saturated heterocycles. The second-order valence-electron chi connectivity index (χ2n) is 11.0. The Morgan fingerprint density at radius 3 is 1.00 bits per heavy atom. The van der Waals surface area contributed by atoms with Crippen molar-refractivity contribution in [1.82, 2.24) is 4.90 Å². The maximum absolute atomic E-state index is 8.01. The quantitative estimate of drug-likeness (QED) is 0.602. The largest absolute Gasteiger partial charge is 1.00 e. The van der Waals surface area contributed by atoms with Gasteiger partial charge in [-0.15, -0.1) is 11.4 Å². The summed E-state index contributed by atoms with van der Waals surface area (Å²) in [5, 5.41) is 0. The molecule has 0 amide bonds. The molecular formula is C30H53Li2N4+. The summed E-state index contributed by atoms with van der Waals surface area (Å²) in [5.41, 5.74) is 22.1. The van der Waals surface area contributed by atoms with E-state index in [4.69, 9.17) is 11.5 Å². The first kappa shape index (κ1) is 39.7. The van der Waals surface area contributed by atoms with Crippen LogP contribution in [0.1, 0.15) is 101 Å². The van der Waals surface area contributed by atoms with E-state index >= 15 is 0 Å². The zero-order valence-corrected chi connectivity index (χ0v) is 26.1. The molecule has 36 heavy (non-hydrogen) atoms. The molecule has 2 aromatic rings. The van der Waals surface area contributed by atoms with Crippen LogP contribution < -0.4 is 42.6 Å². The van der Waals surface area contributed by atoms with Crippen LogP contribution in [0.3, 0.4) is 0 Å². The third-order valence-corrected chi connectivity index (χ3v) is 5.80. The summed E-state index contributed by atoms with van der Waals surface area (Å²) in [6.07, 6.45) is 0. The van der Waals surface area contributed by atoms with E-state index in [1.165, 1.54) is 18.0 Å². The number of nitrogens with zero attached hydrogens (tertiary/aromatic N) is 1. The Balaban J connectivity index is -0.000000456. The summed E-state index contributed by atoms with van der Waals surface area (Å²) in [7, 11) is 8.54. The predicted molar refractivity (Wildman–Crippen MR) is 153 cm³/mol. The summed E-state index contributed by atoms with van der Waals surface area (Å²) < 4.78 is 0. The van der Waals surface area contributed by atoms with Crippen LogP contribution in [0.2, 0.25) is 0 Å². The molecule has 0 aromatic heterocycles. The van der Waals surface area contributed by atoms with E-state index in [1.807, 2.05) is 0 Å². The zero-order chi connectivity index (χ0) is 26.6. The molecule has 6 heteroatoms. The van der Waals surface area contributed by atoms with Gasteiger partial charge in [-0.25, -0.2) is 0 Å². The van der Waals surface area contributed by atoms with E-state index in [9.17, 15) is 0 Å². The summed E-state index contributed by atoms with van der Waals surface area (Å²) >= 11 is 0. The van der Waals surface area contributed by atoms with Crippen LogP contribution in [-0.4, -0.2) is 46.2 Å². The van der Waals surface area contributed by atoms with Crippen molar-refractivity contribution in [3.63, 3.8) is 0 Å². The first-order valence-electron chi connectivity index (χ1n) is 12.8. The van der Waals surface area contributed by atoms with Gasteiger partial charge in [-0.3, -0.25) is 0 Å². The number of rotatable bonds is 7. The molecule has 0 aliphatic rings. The second kappa shape index (κ2) is 20.2. The molecule has 0 aliphatic carbocycles. The molecule has 194 valence electrons. The summed E-state index contributed by atoms with van der Waals surface area (Å²) in [5.74, 6) is 1.80. The van der Waals surface area contributed by atoms with Gasteiger partial charge >= 0.3 is 37.7 Å². The fraction of sp³-hybridized carbons (Fsp3) is 0.600. The van der Waals surface area contributed by atoms with Crippen molar-refractivity contribution in [2.75, 3.05) is 41.3 Å². The van der Waals surface area contributed by atoms with Crippen molar-refractivity contribution in [1.29, 1.82) is 0 Å². The Morgan fingerprint density at radius 2 is 0.861 bits per heavy atom. The van der Waals surface area contributed by atoms with Crippen molar-refractivity contribution in [3.05, 3.63) is 70.1 Å². The van der Waals surface area contributed by atoms with E-state index in [1.54, 1.807) is 0 Å². The first-order chi connectivity index (χ1) is 15.7. The molecule has 2 aromatic carbocycles. The van der Waals surface area contributed by atoms with Gasteiger partial charge in [0.2, 0.25) is 0 Å². The predicted octanol–water partition coefficient (Wildman–Crippen LogP) is 1.93. The Hall–Kier alpha value is -0.845. The fourth-order valence-corrected chi connectivity index (χ4v) is 3.55. The van der Waals surface area contributed by atoms with Crippen LogP contribution in [0.15, 0.2) is 36.4 Å². The number of hydrogen-bond donors (Lipinski definition) is 1. The number of nitrogens with one attached hydrogen (secondary N) is 3. The number of likely N-dealkylation sites (N-methyl/N-ethyl adjacent to an activating group) is 2. The Kier molecular flexibility index (Phi) is 22.2. The van der Waals surface area contributed by atoms with Gasteiger partial charge in [0.25, 0.3) is 0 Å². The SMILES string of the molecule is CC(C)c1cccc(C(C)C)c1[NH-].CC(C)c1cccc(C(C)C)c1[NH-].CN(C)CC[NH+](C)C.[Li+].[Li+]. The Labute approximate surface area is 248 Å². The molecule has 0 radical (unpaired) electrons. The molecule has 0 atom stereocenters. The third kappa shape index (κ3) is 14.8. The molecule has 0 spiro atoms. The Morgan fingerprint density at radius 1 is 0.611 bits per heavy atom. The number of benzene rings is 2. The summed E-state index contributed by atoms with van der Waals surface area (Å²) in [6.45, 7) is 19.5. The average Bonchev–Trinajstić information content (AvgIpc) is 2.72. The molecule has 0 aliphatic heterocycles. The molecule has 0 unspecified atom stereocenters. The number of hydrogen-bond acceptors (Lipinski definition) is 1. The van der Waals surface area contributed by atoms with Crippen LogP contribution >= 0.6 is 0 Å². The maximum atomic E-state index is 8.01. The minimum Gasteiger partial charge on any atom is -0.698 e. The van der Waals surface area contributed by atoms with Crippen molar-refractivity contribution in [3.8, 4) is 0 Å². The Bertz CT molecular complexity index is 710. The minimum atomic E-state index is 0. The molecule has 0 heterocycles. The molecular weight excluding hydrogens is 430 g/mol. The van der Waals surface area contributed by atoms with Crippen molar-refractivity contribution in [2.24, 2.45) is 0 Å². The van der Waals surface area contributed by atoms with Gasteiger partial charge in [0.1, 0.15) is 0 Å². The maximum Gasteiger partial charge on any atom is 1.00 e. The van der Waals surface area contributed by atoms with Gasteiger partial charge in [0.05, 0.1) is 20.6 Å². The normalized spacial score (nSPS) is 10.6. The third-order valence-electron chi connectivity index (χ3n) is 5.80. The van der Waals surface area contributed by atoms with E-state index in [0.717, 1.165) is 33.6 Å². The van der Waals surface area contributed by atoms with Crippen molar-refractivity contribution >= 4 is 11.4 Å². The van der Waals surface area contributed by atoms with E-state index in [-0.39, 0.29) is 37.7 Å². The van der Waals surface area contributed by atoms with Gasteiger partial charge in [0, 0.05) is 6.54 Å². The van der Waals surface area contributed by atoms with Gasteiger partial charge in [-0.2, -0.15) is 0 Å². The van der Waals surface area contributed by atoms with Crippen molar-refractivity contribution < 1.29 is 42.6 Å². The van der Waals surface area contributed by atoms with Crippen molar-refractivity contribution in [2.45, 2.75) is 79.1 Å². The van der Waals surface area contributed by atoms with Gasteiger partial charge < -0.3 is 21.3 Å². The van der Waals surface area contributed by atoms with Gasteiger partial charge in [-0.1, -0.05) is 114 Å². The van der Waals surface area contributed by atoms with Crippen LogP contribution in [0, 0.1) is 0 Å². The first-order valence-corrected chi connectivity index (χ1v) is 12.8. The van der Waals surface area contributed by atoms with E-state index < -0.39 is 0 Å². The topological polar surface area (TPSA) is 55.3 Å². The molecule has 0 fully saturated rings. The van der Waals surface area contributed by atoms with E-state index in [0.29, 0.717) is 23.7 Å². The molecule has 3 N–H and O–H groups in total. The molecule has 2 rings (SSSR count). The average molecular weight is 484 g/mol. The molecule has 4 nitrogen and oxygen atoms in total. The van der Waals surface area contributed by atoms with Gasteiger partial charge in [-0.05, 0) is 37.8 Å². The standard InChI is InChI=1S/2C12H18N.C6H16N2.2Li/c2*1-8(2)10-6-5-7-11(9(3)4)12(10)13;1-7(2)5-6-8(3)4;;/h2*5-9,13H,1-4H3;5-6H2,1-4H3;;/q2*-1;;2*+1/p+1. The second-order valence-corrected chi connectivity index (χ2v) is 11.0. The molecule has 0 saturated carbocycles.